The highest BCUT2D eigenvalue weighted by molar-refractivity contribution is 5.69. The van der Waals surface area contributed by atoms with E-state index in [1.807, 2.05) is 0 Å². The van der Waals surface area contributed by atoms with E-state index >= 15 is 0 Å². The van der Waals surface area contributed by atoms with Crippen LogP contribution >= 0.6 is 0 Å². The summed E-state index contributed by atoms with van der Waals surface area (Å²) in [4.78, 5) is 10.9. The summed E-state index contributed by atoms with van der Waals surface area (Å²) >= 11 is 0. The molecule has 0 saturated carbocycles. The van der Waals surface area contributed by atoms with Gasteiger partial charge in [-0.3, -0.25) is 4.79 Å². The maximum atomic E-state index is 10.9. The van der Waals surface area contributed by atoms with E-state index in [-0.39, 0.29) is 5.97 Å². The average molecular weight is 171 g/mol. The van der Waals surface area contributed by atoms with Gasteiger partial charge in [0, 0.05) is 6.04 Å². The number of methoxy groups -OCH3 is 1. The molecule has 3 heteroatoms. The number of carbonyl (C=O) groups excluding carboxylic acids is 1. The van der Waals surface area contributed by atoms with Gasteiger partial charge in [0.1, 0.15) is 0 Å². The molecule has 1 aliphatic rings. The summed E-state index contributed by atoms with van der Waals surface area (Å²) in [6.07, 6.45) is 2.83. The molecule has 1 heterocycles. The Morgan fingerprint density at radius 1 is 1.58 bits per heavy atom. The van der Waals surface area contributed by atoms with E-state index < -0.39 is 0 Å². The van der Waals surface area contributed by atoms with Crippen molar-refractivity contribution in [3.8, 4) is 0 Å². The number of rotatable bonds is 2. The molecule has 3 nitrogen and oxygen atoms in total. The summed E-state index contributed by atoms with van der Waals surface area (Å²) in [5.41, 5.74) is 0. The Labute approximate surface area is 73.5 Å². The third-order valence-electron chi connectivity index (χ3n) is 2.40. The van der Waals surface area contributed by atoms with Gasteiger partial charge in [0.05, 0.1) is 13.5 Å². The minimum absolute atomic E-state index is 0.109. The van der Waals surface area contributed by atoms with Gasteiger partial charge >= 0.3 is 5.97 Å². The van der Waals surface area contributed by atoms with Gasteiger partial charge in [-0.2, -0.15) is 0 Å². The zero-order valence-corrected chi connectivity index (χ0v) is 7.80. The molecule has 70 valence electrons. The van der Waals surface area contributed by atoms with Crippen molar-refractivity contribution in [3.63, 3.8) is 0 Å². The number of hydrogen-bond acceptors (Lipinski definition) is 3. The molecule has 2 unspecified atom stereocenters. The van der Waals surface area contributed by atoms with Crippen molar-refractivity contribution in [1.82, 2.24) is 5.32 Å². The highest BCUT2D eigenvalue weighted by atomic mass is 16.5. The lowest BCUT2D eigenvalue weighted by Crippen LogP contribution is -2.39. The van der Waals surface area contributed by atoms with E-state index in [4.69, 9.17) is 0 Å². The van der Waals surface area contributed by atoms with Crippen molar-refractivity contribution >= 4 is 5.97 Å². The minimum atomic E-state index is -0.109. The van der Waals surface area contributed by atoms with Crippen LogP contribution in [0.15, 0.2) is 0 Å². The van der Waals surface area contributed by atoms with Gasteiger partial charge in [-0.25, -0.2) is 0 Å². The van der Waals surface area contributed by atoms with Crippen LogP contribution in [-0.2, 0) is 9.53 Å². The van der Waals surface area contributed by atoms with Gasteiger partial charge in [0.15, 0.2) is 0 Å². The van der Waals surface area contributed by atoms with Gasteiger partial charge < -0.3 is 10.1 Å². The first-order chi connectivity index (χ1) is 5.72. The summed E-state index contributed by atoms with van der Waals surface area (Å²) in [7, 11) is 1.44. The second-order valence-electron chi connectivity index (χ2n) is 3.57. The van der Waals surface area contributed by atoms with Crippen LogP contribution in [-0.4, -0.2) is 25.7 Å². The highest BCUT2D eigenvalue weighted by Gasteiger charge is 2.19. The monoisotopic (exact) mass is 171 g/mol. The average Bonchev–Trinajstić information content (AvgIpc) is 2.09. The van der Waals surface area contributed by atoms with Gasteiger partial charge in [-0.1, -0.05) is 6.92 Å². The fourth-order valence-electron chi connectivity index (χ4n) is 1.52. The van der Waals surface area contributed by atoms with Crippen molar-refractivity contribution in [3.05, 3.63) is 0 Å². The lowest BCUT2D eigenvalue weighted by molar-refractivity contribution is -0.141. The molecule has 1 saturated heterocycles. The molecule has 12 heavy (non-hydrogen) atoms. The molecule has 1 fully saturated rings. The standard InChI is InChI=1S/C9H17NO2/c1-7-3-4-8(10-6-7)5-9(11)12-2/h7-8,10H,3-6H2,1-2H3. The Morgan fingerprint density at radius 2 is 2.33 bits per heavy atom. The van der Waals surface area contributed by atoms with Crippen LogP contribution < -0.4 is 5.32 Å². The largest absolute Gasteiger partial charge is 0.469 e. The molecule has 0 radical (unpaired) electrons. The lowest BCUT2D eigenvalue weighted by Gasteiger charge is -2.26. The lowest BCUT2D eigenvalue weighted by atomic mass is 9.95. The summed E-state index contributed by atoms with van der Waals surface area (Å²) in [5.74, 6) is 0.640. The van der Waals surface area contributed by atoms with Crippen molar-refractivity contribution in [2.24, 2.45) is 5.92 Å². The van der Waals surface area contributed by atoms with Crippen molar-refractivity contribution in [2.75, 3.05) is 13.7 Å². The predicted molar refractivity (Wildman–Crippen MR) is 46.8 cm³/mol. The van der Waals surface area contributed by atoms with Crippen LogP contribution in [0.3, 0.4) is 0 Å². The van der Waals surface area contributed by atoms with Crippen molar-refractivity contribution in [1.29, 1.82) is 0 Å². The molecule has 0 aromatic rings. The first-order valence-corrected chi connectivity index (χ1v) is 4.52. The normalized spacial score (nSPS) is 29.8. The molecular formula is C9H17NO2. The first-order valence-electron chi connectivity index (χ1n) is 4.52. The predicted octanol–water partition coefficient (Wildman–Crippen LogP) is 0.938. The molecule has 0 spiro atoms. The maximum absolute atomic E-state index is 10.9. The van der Waals surface area contributed by atoms with Crippen molar-refractivity contribution in [2.45, 2.75) is 32.2 Å². The van der Waals surface area contributed by atoms with E-state index in [1.54, 1.807) is 0 Å². The van der Waals surface area contributed by atoms with Crippen LogP contribution in [0.25, 0.3) is 0 Å². The Morgan fingerprint density at radius 3 is 2.83 bits per heavy atom. The fourth-order valence-corrected chi connectivity index (χ4v) is 1.52. The number of hydrogen-bond donors (Lipinski definition) is 1. The molecule has 0 aliphatic carbocycles. The fraction of sp³-hybridized carbons (Fsp3) is 0.889. The molecule has 0 bridgehead atoms. The van der Waals surface area contributed by atoms with Crippen molar-refractivity contribution < 1.29 is 9.53 Å². The Hall–Kier alpha value is -0.570. The number of ether oxygens (including phenoxy) is 1. The van der Waals surface area contributed by atoms with E-state index in [2.05, 4.69) is 17.0 Å². The SMILES string of the molecule is COC(=O)CC1CCC(C)CN1. The topological polar surface area (TPSA) is 38.3 Å². The molecule has 0 amide bonds. The smallest absolute Gasteiger partial charge is 0.307 e. The summed E-state index contributed by atoms with van der Waals surface area (Å²) in [6.45, 7) is 3.25. The van der Waals surface area contributed by atoms with Crippen LogP contribution in [0.5, 0.6) is 0 Å². The Bertz CT molecular complexity index is 151. The number of piperidine rings is 1. The van der Waals surface area contributed by atoms with Crippen LogP contribution in [0, 0.1) is 5.92 Å². The van der Waals surface area contributed by atoms with Gasteiger partial charge in [0.25, 0.3) is 0 Å². The maximum Gasteiger partial charge on any atom is 0.307 e. The van der Waals surface area contributed by atoms with Crippen LogP contribution in [0.2, 0.25) is 0 Å². The number of carbonyl (C=O) groups is 1. The van der Waals surface area contributed by atoms with Gasteiger partial charge in [-0.15, -0.1) is 0 Å². The van der Waals surface area contributed by atoms with Crippen LogP contribution in [0.4, 0.5) is 0 Å². The quantitative estimate of drug-likeness (QED) is 0.628. The third-order valence-corrected chi connectivity index (χ3v) is 2.40. The molecule has 0 aromatic carbocycles. The second-order valence-corrected chi connectivity index (χ2v) is 3.57. The highest BCUT2D eigenvalue weighted by Crippen LogP contribution is 2.15. The van der Waals surface area contributed by atoms with Crippen LogP contribution in [0.1, 0.15) is 26.2 Å². The molecule has 1 aliphatic heterocycles. The summed E-state index contributed by atoms with van der Waals surface area (Å²) in [6, 6.07) is 0.341. The van der Waals surface area contributed by atoms with E-state index in [9.17, 15) is 4.79 Å². The molecule has 1 rings (SSSR count). The second kappa shape index (κ2) is 4.45. The third kappa shape index (κ3) is 2.81. The van der Waals surface area contributed by atoms with E-state index in [0.717, 1.165) is 18.9 Å². The van der Waals surface area contributed by atoms with E-state index in [0.29, 0.717) is 12.5 Å². The molecular weight excluding hydrogens is 154 g/mol. The van der Waals surface area contributed by atoms with Gasteiger partial charge in [-0.05, 0) is 25.3 Å². The minimum Gasteiger partial charge on any atom is -0.469 e. The Kier molecular flexibility index (Phi) is 3.53. The molecule has 1 N–H and O–H groups in total. The Balaban J connectivity index is 2.21. The summed E-state index contributed by atoms with van der Waals surface area (Å²) in [5, 5.41) is 3.33. The zero-order chi connectivity index (χ0) is 8.97. The van der Waals surface area contributed by atoms with Gasteiger partial charge in [0.2, 0.25) is 0 Å². The molecule has 2 atom stereocenters. The first kappa shape index (κ1) is 9.52. The summed E-state index contributed by atoms with van der Waals surface area (Å²) < 4.78 is 4.60. The van der Waals surface area contributed by atoms with E-state index in [1.165, 1.54) is 13.5 Å². The zero-order valence-electron chi connectivity index (χ0n) is 7.80. The molecule has 0 aromatic heterocycles. The number of nitrogens with one attached hydrogen (secondary N) is 1. The number of esters is 1.